The number of nitrogens with zero attached hydrogens (tertiary/aromatic N) is 2. The predicted molar refractivity (Wildman–Crippen MR) is 72.4 cm³/mol. The van der Waals surface area contributed by atoms with Gasteiger partial charge in [-0.2, -0.15) is 0 Å². The molecular formula is C10H17ClN4O2S. The lowest BCUT2D eigenvalue weighted by atomic mass is 10.4. The summed E-state index contributed by atoms with van der Waals surface area (Å²) in [6, 6.07) is 1.57. The molecule has 2 N–H and O–H groups in total. The zero-order valence-electron chi connectivity index (χ0n) is 10.4. The van der Waals surface area contributed by atoms with Gasteiger partial charge in [0, 0.05) is 25.6 Å². The summed E-state index contributed by atoms with van der Waals surface area (Å²) in [7, 11) is -3.22. The van der Waals surface area contributed by atoms with Crippen LogP contribution in [0.3, 0.4) is 0 Å². The largest absolute Gasteiger partial charge is 0.369 e. The minimum absolute atomic E-state index is 0.01000. The minimum Gasteiger partial charge on any atom is -0.369 e. The Morgan fingerprint density at radius 2 is 2.06 bits per heavy atom. The molecule has 6 nitrogen and oxygen atoms in total. The second-order valence-electron chi connectivity index (χ2n) is 3.59. The first-order valence-electron chi connectivity index (χ1n) is 5.71. The van der Waals surface area contributed by atoms with Gasteiger partial charge in [-0.1, -0.05) is 25.4 Å². The minimum atomic E-state index is -3.22. The number of sulfonamides is 1. The molecule has 0 aliphatic heterocycles. The van der Waals surface area contributed by atoms with Crippen molar-refractivity contribution in [3.63, 3.8) is 0 Å². The third-order valence-corrected chi connectivity index (χ3v) is 3.76. The summed E-state index contributed by atoms with van der Waals surface area (Å²) >= 11 is 5.83. The van der Waals surface area contributed by atoms with Crippen molar-refractivity contribution in [1.29, 1.82) is 0 Å². The summed E-state index contributed by atoms with van der Waals surface area (Å²) in [5, 5.41) is 3.27. The predicted octanol–water partition coefficient (Wildman–Crippen LogP) is 1.04. The van der Waals surface area contributed by atoms with Crippen molar-refractivity contribution in [1.82, 2.24) is 14.7 Å². The van der Waals surface area contributed by atoms with E-state index in [4.69, 9.17) is 11.6 Å². The summed E-state index contributed by atoms with van der Waals surface area (Å²) < 4.78 is 25.2. The molecule has 0 amide bonds. The summed E-state index contributed by atoms with van der Waals surface area (Å²) in [5.74, 6) is 1.15. The number of aryl methyl sites for hydroxylation is 1. The topological polar surface area (TPSA) is 84.0 Å². The first-order valence-corrected chi connectivity index (χ1v) is 7.74. The molecule has 0 aromatic carbocycles. The summed E-state index contributed by atoms with van der Waals surface area (Å²) in [6.07, 6.45) is 0.672. The maximum Gasteiger partial charge on any atom is 0.213 e. The van der Waals surface area contributed by atoms with Gasteiger partial charge in [-0.3, -0.25) is 0 Å². The van der Waals surface area contributed by atoms with Crippen LogP contribution in [0.1, 0.15) is 19.7 Å². The highest BCUT2D eigenvalue weighted by molar-refractivity contribution is 7.89. The maximum atomic E-state index is 11.4. The Balaban J connectivity index is 2.56. The van der Waals surface area contributed by atoms with E-state index >= 15 is 0 Å². The van der Waals surface area contributed by atoms with E-state index in [0.717, 1.165) is 0 Å². The maximum absolute atomic E-state index is 11.4. The smallest absolute Gasteiger partial charge is 0.213 e. The van der Waals surface area contributed by atoms with Crippen LogP contribution in [0.25, 0.3) is 0 Å². The number of halogens is 1. The van der Waals surface area contributed by atoms with E-state index in [9.17, 15) is 8.42 Å². The second-order valence-corrected chi connectivity index (χ2v) is 5.90. The van der Waals surface area contributed by atoms with Crippen molar-refractivity contribution < 1.29 is 8.42 Å². The van der Waals surface area contributed by atoms with E-state index < -0.39 is 10.0 Å². The molecule has 0 saturated heterocycles. The van der Waals surface area contributed by atoms with Crippen molar-refractivity contribution in [2.45, 2.75) is 20.3 Å². The zero-order chi connectivity index (χ0) is 13.6. The number of anilines is 1. The first kappa shape index (κ1) is 15.1. The average molecular weight is 293 g/mol. The number of hydrogen-bond donors (Lipinski definition) is 2. The zero-order valence-corrected chi connectivity index (χ0v) is 12.0. The first-order chi connectivity index (χ1) is 8.46. The molecule has 0 aliphatic rings. The van der Waals surface area contributed by atoms with Gasteiger partial charge in [0.1, 0.15) is 16.8 Å². The Kier molecular flexibility index (Phi) is 5.77. The third-order valence-electron chi connectivity index (χ3n) is 2.10. The van der Waals surface area contributed by atoms with E-state index in [2.05, 4.69) is 20.0 Å². The molecule has 1 aromatic heterocycles. The lowest BCUT2D eigenvalue weighted by Gasteiger charge is -2.08. The van der Waals surface area contributed by atoms with E-state index in [-0.39, 0.29) is 12.3 Å². The number of nitrogens with one attached hydrogen (secondary N) is 2. The van der Waals surface area contributed by atoms with Crippen LogP contribution >= 0.6 is 11.6 Å². The molecule has 1 aromatic rings. The Hall–Kier alpha value is -0.920. The Labute approximate surface area is 112 Å². The molecule has 0 aliphatic carbocycles. The van der Waals surface area contributed by atoms with Crippen molar-refractivity contribution >= 4 is 27.4 Å². The Bertz CT molecular complexity index is 493. The van der Waals surface area contributed by atoms with Crippen LogP contribution in [0, 0.1) is 0 Å². The standard InChI is InChI=1S/C10H17ClN4O2S/c1-3-9-14-8(11)7-10(15-9)12-5-6-18(16,17)13-4-2/h7,13H,3-6H2,1-2H3,(H,12,14,15). The van der Waals surface area contributed by atoms with Gasteiger partial charge in [0.05, 0.1) is 5.75 Å². The van der Waals surface area contributed by atoms with Crippen LogP contribution in [0.5, 0.6) is 0 Å². The molecule has 1 heterocycles. The normalized spacial score (nSPS) is 11.5. The van der Waals surface area contributed by atoms with Crippen LogP contribution in [-0.2, 0) is 16.4 Å². The van der Waals surface area contributed by atoms with Crippen LogP contribution < -0.4 is 10.0 Å². The van der Waals surface area contributed by atoms with Crippen LogP contribution in [0.2, 0.25) is 5.15 Å². The van der Waals surface area contributed by atoms with Gasteiger partial charge in [0.2, 0.25) is 10.0 Å². The van der Waals surface area contributed by atoms with E-state index in [1.54, 1.807) is 13.0 Å². The fourth-order valence-corrected chi connectivity index (χ4v) is 2.47. The lowest BCUT2D eigenvalue weighted by Crippen LogP contribution is -2.29. The molecular weight excluding hydrogens is 276 g/mol. The SMILES string of the molecule is CCNS(=O)(=O)CCNc1cc(Cl)nc(CC)n1. The fourth-order valence-electron chi connectivity index (χ4n) is 1.32. The highest BCUT2D eigenvalue weighted by atomic mass is 35.5. The quantitative estimate of drug-likeness (QED) is 0.734. The summed E-state index contributed by atoms with van der Waals surface area (Å²) in [4.78, 5) is 8.22. The molecule has 0 radical (unpaired) electrons. The van der Waals surface area contributed by atoms with Gasteiger partial charge >= 0.3 is 0 Å². The van der Waals surface area contributed by atoms with Gasteiger partial charge in [-0.25, -0.2) is 23.1 Å². The summed E-state index contributed by atoms with van der Waals surface area (Å²) in [5.41, 5.74) is 0. The molecule has 0 bridgehead atoms. The van der Waals surface area contributed by atoms with Crippen molar-refractivity contribution in [3.05, 3.63) is 17.0 Å². The van der Waals surface area contributed by atoms with Gasteiger partial charge in [0.25, 0.3) is 0 Å². The molecule has 8 heteroatoms. The van der Waals surface area contributed by atoms with Crippen LogP contribution in [0.4, 0.5) is 5.82 Å². The van der Waals surface area contributed by atoms with Crippen molar-refractivity contribution in [2.24, 2.45) is 0 Å². The molecule has 0 spiro atoms. The van der Waals surface area contributed by atoms with Gasteiger partial charge in [-0.15, -0.1) is 0 Å². The molecule has 102 valence electrons. The fraction of sp³-hybridized carbons (Fsp3) is 0.600. The van der Waals surface area contributed by atoms with Gasteiger partial charge < -0.3 is 5.32 Å². The second kappa shape index (κ2) is 6.86. The van der Waals surface area contributed by atoms with Gasteiger partial charge in [0.15, 0.2) is 0 Å². The Morgan fingerprint density at radius 1 is 1.33 bits per heavy atom. The molecule has 0 atom stereocenters. The van der Waals surface area contributed by atoms with E-state index in [1.807, 2.05) is 6.92 Å². The monoisotopic (exact) mass is 292 g/mol. The highest BCUT2D eigenvalue weighted by Gasteiger charge is 2.08. The molecule has 1 rings (SSSR count). The van der Waals surface area contributed by atoms with Crippen molar-refractivity contribution in [2.75, 3.05) is 24.2 Å². The molecule has 0 unspecified atom stereocenters. The molecule has 0 fully saturated rings. The number of hydrogen-bond acceptors (Lipinski definition) is 5. The number of aromatic nitrogens is 2. The summed E-state index contributed by atoms with van der Waals surface area (Å²) in [6.45, 7) is 4.32. The van der Waals surface area contributed by atoms with Crippen molar-refractivity contribution in [3.8, 4) is 0 Å². The van der Waals surface area contributed by atoms with E-state index in [0.29, 0.717) is 29.8 Å². The van der Waals surface area contributed by atoms with E-state index in [1.165, 1.54) is 0 Å². The molecule has 18 heavy (non-hydrogen) atoms. The van der Waals surface area contributed by atoms with Gasteiger partial charge in [-0.05, 0) is 0 Å². The van der Waals surface area contributed by atoms with Crippen LogP contribution in [0.15, 0.2) is 6.07 Å². The van der Waals surface area contributed by atoms with Crippen LogP contribution in [-0.4, -0.2) is 37.2 Å². The highest BCUT2D eigenvalue weighted by Crippen LogP contribution is 2.11. The Morgan fingerprint density at radius 3 is 2.67 bits per heavy atom. The molecule has 0 saturated carbocycles. The lowest BCUT2D eigenvalue weighted by molar-refractivity contribution is 0.584. The number of rotatable bonds is 7. The average Bonchev–Trinajstić information content (AvgIpc) is 2.27. The third kappa shape index (κ3) is 5.16.